The van der Waals surface area contributed by atoms with E-state index in [0.717, 1.165) is 17.9 Å². The predicted octanol–water partition coefficient (Wildman–Crippen LogP) is 3.34. The Kier molecular flexibility index (Phi) is 4.19. The Morgan fingerprint density at radius 3 is 2.29 bits per heavy atom. The van der Waals surface area contributed by atoms with Crippen molar-refractivity contribution in [2.45, 2.75) is 33.1 Å². The Hall–Kier alpha value is -1.29. The minimum absolute atomic E-state index is 0.517. The second kappa shape index (κ2) is 5.44. The molecule has 14 heavy (non-hydrogen) atoms. The van der Waals surface area contributed by atoms with Crippen molar-refractivity contribution in [1.82, 2.24) is 0 Å². The summed E-state index contributed by atoms with van der Waals surface area (Å²) in [5, 5.41) is 8.52. The summed E-state index contributed by atoms with van der Waals surface area (Å²) < 4.78 is 0. The molecule has 0 aliphatic heterocycles. The Bertz CT molecular complexity index is 305. The summed E-state index contributed by atoms with van der Waals surface area (Å²) in [6.07, 6.45) is 2.88. The molecule has 74 valence electrons. The van der Waals surface area contributed by atoms with Crippen molar-refractivity contribution in [1.29, 1.82) is 5.26 Å². The lowest BCUT2D eigenvalue weighted by Crippen LogP contribution is -1.97. The first kappa shape index (κ1) is 10.8. The smallest absolute Gasteiger partial charge is 0.0669 e. The molecule has 1 aromatic rings. The van der Waals surface area contributed by atoms with Crippen molar-refractivity contribution >= 4 is 0 Å². The van der Waals surface area contributed by atoms with Crippen LogP contribution in [0.5, 0.6) is 0 Å². The van der Waals surface area contributed by atoms with Gasteiger partial charge in [0.05, 0.1) is 12.5 Å². The van der Waals surface area contributed by atoms with Crippen molar-refractivity contribution in [3.63, 3.8) is 0 Å². The lowest BCUT2D eigenvalue weighted by atomic mass is 9.98. The lowest BCUT2D eigenvalue weighted by molar-refractivity contribution is 0.560. The molecule has 1 rings (SSSR count). The molecule has 0 spiro atoms. The van der Waals surface area contributed by atoms with Crippen molar-refractivity contribution in [3.8, 4) is 6.07 Å². The van der Waals surface area contributed by atoms with Crippen LogP contribution in [0.3, 0.4) is 0 Å². The SMILES string of the molecule is CCC(C)Cc1ccc(CC#N)cc1. The van der Waals surface area contributed by atoms with E-state index in [9.17, 15) is 0 Å². The molecule has 0 saturated carbocycles. The second-order valence-electron chi connectivity index (χ2n) is 3.87. The molecule has 1 nitrogen and oxygen atoms in total. The molecule has 1 aromatic carbocycles. The van der Waals surface area contributed by atoms with Gasteiger partial charge in [-0.1, -0.05) is 44.5 Å². The molecule has 0 radical (unpaired) electrons. The van der Waals surface area contributed by atoms with E-state index in [1.807, 2.05) is 0 Å². The first-order valence-corrected chi connectivity index (χ1v) is 5.21. The average Bonchev–Trinajstić information content (AvgIpc) is 2.21. The van der Waals surface area contributed by atoms with Gasteiger partial charge in [-0.2, -0.15) is 5.26 Å². The minimum atomic E-state index is 0.517. The van der Waals surface area contributed by atoms with E-state index in [-0.39, 0.29) is 0 Å². The zero-order valence-electron chi connectivity index (χ0n) is 8.96. The van der Waals surface area contributed by atoms with E-state index in [1.165, 1.54) is 12.0 Å². The van der Waals surface area contributed by atoms with E-state index in [1.54, 1.807) is 0 Å². The van der Waals surface area contributed by atoms with Crippen LogP contribution in [0.25, 0.3) is 0 Å². The summed E-state index contributed by atoms with van der Waals surface area (Å²) in [5.74, 6) is 0.747. The van der Waals surface area contributed by atoms with Crippen LogP contribution in [0.2, 0.25) is 0 Å². The van der Waals surface area contributed by atoms with E-state index in [2.05, 4.69) is 44.2 Å². The summed E-state index contributed by atoms with van der Waals surface area (Å²) in [4.78, 5) is 0. The second-order valence-corrected chi connectivity index (χ2v) is 3.87. The van der Waals surface area contributed by atoms with E-state index < -0.39 is 0 Å². The van der Waals surface area contributed by atoms with Crippen molar-refractivity contribution in [3.05, 3.63) is 35.4 Å². The molecule has 0 aliphatic carbocycles. The van der Waals surface area contributed by atoms with Crippen LogP contribution in [0, 0.1) is 17.2 Å². The quantitative estimate of drug-likeness (QED) is 0.709. The molecule has 1 unspecified atom stereocenters. The molecule has 0 N–H and O–H groups in total. The maximum absolute atomic E-state index is 8.52. The van der Waals surface area contributed by atoms with Gasteiger partial charge in [-0.25, -0.2) is 0 Å². The van der Waals surface area contributed by atoms with E-state index >= 15 is 0 Å². The van der Waals surface area contributed by atoms with Crippen LogP contribution >= 0.6 is 0 Å². The summed E-state index contributed by atoms with van der Waals surface area (Å²) in [6.45, 7) is 4.48. The molecular formula is C13H17N. The molecule has 0 aliphatic rings. The lowest BCUT2D eigenvalue weighted by Gasteiger charge is -2.08. The number of nitriles is 1. The molecule has 1 atom stereocenters. The van der Waals surface area contributed by atoms with Gasteiger partial charge in [0.15, 0.2) is 0 Å². The van der Waals surface area contributed by atoms with Crippen LogP contribution < -0.4 is 0 Å². The highest BCUT2D eigenvalue weighted by atomic mass is 14.2. The Morgan fingerprint density at radius 2 is 1.79 bits per heavy atom. The van der Waals surface area contributed by atoms with Gasteiger partial charge >= 0.3 is 0 Å². The fraction of sp³-hybridized carbons (Fsp3) is 0.462. The fourth-order valence-electron chi connectivity index (χ4n) is 1.43. The standard InChI is InChI=1S/C13H17N/c1-3-11(2)10-13-6-4-12(5-7-13)8-9-14/h4-7,11H,3,8,10H2,1-2H3. The highest BCUT2D eigenvalue weighted by molar-refractivity contribution is 5.24. The van der Waals surface area contributed by atoms with E-state index in [0.29, 0.717) is 6.42 Å². The third-order valence-electron chi connectivity index (χ3n) is 2.59. The number of hydrogen-bond donors (Lipinski definition) is 0. The first-order chi connectivity index (χ1) is 6.76. The summed E-state index contributed by atoms with van der Waals surface area (Å²) in [6, 6.07) is 10.5. The van der Waals surface area contributed by atoms with Gasteiger partial charge in [0.1, 0.15) is 0 Å². The maximum atomic E-state index is 8.52. The monoisotopic (exact) mass is 187 g/mol. The van der Waals surface area contributed by atoms with Crippen molar-refractivity contribution in [2.24, 2.45) is 5.92 Å². The third kappa shape index (κ3) is 3.22. The van der Waals surface area contributed by atoms with Gasteiger partial charge in [-0.05, 0) is 23.5 Å². The fourth-order valence-corrected chi connectivity index (χ4v) is 1.43. The van der Waals surface area contributed by atoms with E-state index in [4.69, 9.17) is 5.26 Å². The van der Waals surface area contributed by atoms with Gasteiger partial charge in [0, 0.05) is 0 Å². The Morgan fingerprint density at radius 1 is 1.21 bits per heavy atom. The Balaban J connectivity index is 2.60. The molecule has 0 saturated heterocycles. The molecule has 0 fully saturated rings. The van der Waals surface area contributed by atoms with Gasteiger partial charge in [-0.15, -0.1) is 0 Å². The molecule has 0 heterocycles. The largest absolute Gasteiger partial charge is 0.198 e. The van der Waals surface area contributed by atoms with Crippen molar-refractivity contribution < 1.29 is 0 Å². The predicted molar refractivity (Wildman–Crippen MR) is 58.9 cm³/mol. The third-order valence-corrected chi connectivity index (χ3v) is 2.59. The van der Waals surface area contributed by atoms with Crippen LogP contribution in [0.4, 0.5) is 0 Å². The number of hydrogen-bond acceptors (Lipinski definition) is 1. The molecule has 1 heteroatoms. The van der Waals surface area contributed by atoms with Gasteiger partial charge in [0.2, 0.25) is 0 Å². The average molecular weight is 187 g/mol. The summed E-state index contributed by atoms with van der Waals surface area (Å²) >= 11 is 0. The normalized spacial score (nSPS) is 12.1. The first-order valence-electron chi connectivity index (χ1n) is 5.21. The molecule has 0 amide bonds. The molecule has 0 aromatic heterocycles. The number of rotatable bonds is 4. The summed E-state index contributed by atoms with van der Waals surface area (Å²) in [5.41, 5.74) is 2.49. The zero-order valence-corrected chi connectivity index (χ0v) is 8.96. The van der Waals surface area contributed by atoms with Crippen molar-refractivity contribution in [2.75, 3.05) is 0 Å². The van der Waals surface area contributed by atoms with Gasteiger partial charge in [0.25, 0.3) is 0 Å². The number of nitrogens with zero attached hydrogens (tertiary/aromatic N) is 1. The minimum Gasteiger partial charge on any atom is -0.198 e. The van der Waals surface area contributed by atoms with Crippen LogP contribution in [-0.4, -0.2) is 0 Å². The Labute approximate surface area is 86.4 Å². The van der Waals surface area contributed by atoms with Crippen LogP contribution in [0.15, 0.2) is 24.3 Å². The van der Waals surface area contributed by atoms with Crippen LogP contribution in [0.1, 0.15) is 31.4 Å². The molecular weight excluding hydrogens is 170 g/mol. The zero-order chi connectivity index (χ0) is 10.4. The molecule has 0 bridgehead atoms. The highest BCUT2D eigenvalue weighted by Gasteiger charge is 2.00. The van der Waals surface area contributed by atoms with Crippen LogP contribution in [-0.2, 0) is 12.8 Å². The van der Waals surface area contributed by atoms with Gasteiger partial charge < -0.3 is 0 Å². The highest BCUT2D eigenvalue weighted by Crippen LogP contribution is 2.12. The maximum Gasteiger partial charge on any atom is 0.0669 e. The number of benzene rings is 1. The summed E-state index contributed by atoms with van der Waals surface area (Å²) in [7, 11) is 0. The topological polar surface area (TPSA) is 23.8 Å². The van der Waals surface area contributed by atoms with Gasteiger partial charge in [-0.3, -0.25) is 0 Å².